The third kappa shape index (κ3) is 5.63. The lowest BCUT2D eigenvalue weighted by Gasteiger charge is -2.27. The summed E-state index contributed by atoms with van der Waals surface area (Å²) < 4.78 is 5.41. The number of benzene rings is 1. The van der Waals surface area contributed by atoms with Crippen LogP contribution in [-0.4, -0.2) is 70.2 Å². The van der Waals surface area contributed by atoms with Crippen LogP contribution in [0.4, 0.5) is 5.95 Å². The minimum Gasteiger partial charge on any atom is -0.393 e. The number of anilines is 1. The Labute approximate surface area is 215 Å². The zero-order chi connectivity index (χ0) is 25.1. The fourth-order valence-electron chi connectivity index (χ4n) is 5.20. The zero-order valence-corrected chi connectivity index (χ0v) is 21.0. The van der Waals surface area contributed by atoms with E-state index in [0.29, 0.717) is 48.5 Å². The second-order valence-electron chi connectivity index (χ2n) is 9.87. The van der Waals surface area contributed by atoms with Crippen LogP contribution in [0.25, 0.3) is 11.3 Å². The van der Waals surface area contributed by atoms with Crippen molar-refractivity contribution < 1.29 is 19.4 Å². The van der Waals surface area contributed by atoms with Gasteiger partial charge in [0.1, 0.15) is 6.54 Å². The van der Waals surface area contributed by atoms with Crippen LogP contribution in [0.15, 0.2) is 24.4 Å². The molecule has 3 N–H and O–H groups in total. The third-order valence-electron chi connectivity index (χ3n) is 7.33. The quantitative estimate of drug-likeness (QED) is 0.521. The van der Waals surface area contributed by atoms with Gasteiger partial charge in [0.25, 0.3) is 5.91 Å². The van der Waals surface area contributed by atoms with Crippen molar-refractivity contribution in [3.05, 3.63) is 40.5 Å². The van der Waals surface area contributed by atoms with Gasteiger partial charge >= 0.3 is 0 Å². The lowest BCUT2D eigenvalue weighted by Crippen LogP contribution is -2.41. The van der Waals surface area contributed by atoms with Crippen LogP contribution in [0, 0.1) is 5.92 Å². The number of aliphatic hydroxyl groups is 1. The average Bonchev–Trinajstić information content (AvgIpc) is 3.19. The SMILES string of the molecule is O=C(CN1Cc2ccc(-c3nc(NC4CCOCC4)ncc3Cl)cc2C1=O)NC[C@@H]1CCCC[C@H]1O. The number of hydrogen-bond acceptors (Lipinski definition) is 7. The maximum atomic E-state index is 13.1. The van der Waals surface area contributed by atoms with Crippen molar-refractivity contribution in [1.29, 1.82) is 0 Å². The summed E-state index contributed by atoms with van der Waals surface area (Å²) in [5, 5.41) is 16.8. The van der Waals surface area contributed by atoms with E-state index in [4.69, 9.17) is 16.3 Å². The van der Waals surface area contributed by atoms with Crippen LogP contribution < -0.4 is 10.6 Å². The van der Waals surface area contributed by atoms with Gasteiger partial charge in [0, 0.05) is 49.4 Å². The van der Waals surface area contributed by atoms with Gasteiger partial charge in [-0.05, 0) is 37.3 Å². The largest absolute Gasteiger partial charge is 0.393 e. The molecule has 3 heterocycles. The first-order valence-corrected chi connectivity index (χ1v) is 13.1. The van der Waals surface area contributed by atoms with Crippen LogP contribution in [-0.2, 0) is 16.1 Å². The summed E-state index contributed by atoms with van der Waals surface area (Å²) in [5.41, 5.74) is 2.70. The van der Waals surface area contributed by atoms with Crippen LogP contribution in [0.1, 0.15) is 54.4 Å². The molecule has 3 aliphatic rings. The molecule has 2 aliphatic heterocycles. The van der Waals surface area contributed by atoms with Gasteiger partial charge in [-0.1, -0.05) is 36.6 Å². The highest BCUT2D eigenvalue weighted by Crippen LogP contribution is 2.32. The number of hydrogen-bond donors (Lipinski definition) is 3. The first-order valence-electron chi connectivity index (χ1n) is 12.7. The Hall–Kier alpha value is -2.75. The van der Waals surface area contributed by atoms with Gasteiger partial charge in [-0.3, -0.25) is 9.59 Å². The van der Waals surface area contributed by atoms with E-state index >= 15 is 0 Å². The normalized spacial score (nSPS) is 22.4. The molecule has 10 heteroatoms. The van der Waals surface area contributed by atoms with Gasteiger partial charge in [-0.15, -0.1) is 0 Å². The number of fused-ring (bicyclic) bond motifs is 1. The Morgan fingerprint density at radius 1 is 1.19 bits per heavy atom. The van der Waals surface area contributed by atoms with E-state index in [1.807, 2.05) is 12.1 Å². The molecular formula is C26H32ClN5O4. The standard InChI is InChI=1S/C26H32ClN5O4/c27-21-13-29-26(30-19-7-9-36-10-8-19)31-24(21)16-5-6-18-14-32(25(35)20(18)11-16)15-23(34)28-12-17-3-1-2-4-22(17)33/h5-6,11,13,17,19,22,33H,1-4,7-10,12,14-15H2,(H,28,34)(H,29,30,31)/t17-,22+/m0/s1. The van der Waals surface area contributed by atoms with Gasteiger partial charge in [-0.2, -0.15) is 0 Å². The van der Waals surface area contributed by atoms with Crippen LogP contribution >= 0.6 is 11.6 Å². The minimum absolute atomic E-state index is 0.0148. The topological polar surface area (TPSA) is 117 Å². The van der Waals surface area contributed by atoms with E-state index in [-0.39, 0.29) is 36.4 Å². The summed E-state index contributed by atoms with van der Waals surface area (Å²) in [5.74, 6) is 0.178. The Balaban J connectivity index is 1.24. The predicted octanol–water partition coefficient (Wildman–Crippen LogP) is 3.01. The first-order chi connectivity index (χ1) is 17.5. The molecule has 1 aliphatic carbocycles. The van der Waals surface area contributed by atoms with Gasteiger partial charge in [0.05, 0.1) is 23.0 Å². The highest BCUT2D eigenvalue weighted by molar-refractivity contribution is 6.33. The summed E-state index contributed by atoms with van der Waals surface area (Å²) in [4.78, 5) is 36.1. The van der Waals surface area contributed by atoms with Crippen molar-refractivity contribution in [3.8, 4) is 11.3 Å². The van der Waals surface area contributed by atoms with E-state index in [1.54, 1.807) is 17.2 Å². The maximum Gasteiger partial charge on any atom is 0.254 e. The number of nitrogens with zero attached hydrogens (tertiary/aromatic N) is 3. The Morgan fingerprint density at radius 2 is 2.00 bits per heavy atom. The zero-order valence-electron chi connectivity index (χ0n) is 20.2. The van der Waals surface area contributed by atoms with Crippen molar-refractivity contribution >= 4 is 29.4 Å². The molecule has 0 radical (unpaired) electrons. The van der Waals surface area contributed by atoms with Crippen molar-refractivity contribution in [2.24, 2.45) is 5.92 Å². The lowest BCUT2D eigenvalue weighted by molar-refractivity contribution is -0.122. The number of rotatable bonds is 7. The number of halogens is 1. The molecule has 2 fully saturated rings. The van der Waals surface area contributed by atoms with E-state index < -0.39 is 0 Å². The van der Waals surface area contributed by atoms with Crippen LogP contribution in [0.3, 0.4) is 0 Å². The Kier molecular flexibility index (Phi) is 7.69. The van der Waals surface area contributed by atoms with Crippen LogP contribution in [0.2, 0.25) is 5.02 Å². The summed E-state index contributed by atoms with van der Waals surface area (Å²) in [7, 11) is 0. The fraction of sp³-hybridized carbons (Fsp3) is 0.538. The molecule has 0 bridgehead atoms. The number of aromatic nitrogens is 2. The highest BCUT2D eigenvalue weighted by atomic mass is 35.5. The molecule has 2 atom stereocenters. The fourth-order valence-corrected chi connectivity index (χ4v) is 5.40. The van der Waals surface area contributed by atoms with E-state index in [9.17, 15) is 14.7 Å². The number of amides is 2. The molecule has 1 aromatic heterocycles. The smallest absolute Gasteiger partial charge is 0.254 e. The van der Waals surface area contributed by atoms with E-state index in [1.165, 1.54) is 0 Å². The molecule has 1 saturated heterocycles. The molecule has 192 valence electrons. The Morgan fingerprint density at radius 3 is 2.81 bits per heavy atom. The molecule has 0 spiro atoms. The second-order valence-corrected chi connectivity index (χ2v) is 10.3. The highest BCUT2D eigenvalue weighted by Gasteiger charge is 2.30. The monoisotopic (exact) mass is 513 g/mol. The van der Waals surface area contributed by atoms with Gasteiger partial charge in [0.15, 0.2) is 0 Å². The summed E-state index contributed by atoms with van der Waals surface area (Å²) in [6, 6.07) is 5.83. The summed E-state index contributed by atoms with van der Waals surface area (Å²) in [6.45, 7) is 2.22. The molecule has 36 heavy (non-hydrogen) atoms. The average molecular weight is 514 g/mol. The van der Waals surface area contributed by atoms with Crippen LogP contribution in [0.5, 0.6) is 0 Å². The molecule has 2 amide bonds. The van der Waals surface area contributed by atoms with E-state index in [2.05, 4.69) is 20.6 Å². The molecule has 2 aromatic rings. The summed E-state index contributed by atoms with van der Waals surface area (Å²) in [6.07, 6.45) is 6.78. The second kappa shape index (κ2) is 11.1. The Bertz CT molecular complexity index is 1120. The molecule has 1 saturated carbocycles. The number of nitrogens with one attached hydrogen (secondary N) is 2. The molecule has 5 rings (SSSR count). The van der Waals surface area contributed by atoms with Gasteiger partial charge in [-0.25, -0.2) is 9.97 Å². The number of aliphatic hydroxyl groups excluding tert-OH is 1. The van der Waals surface area contributed by atoms with Gasteiger partial charge in [0.2, 0.25) is 11.9 Å². The third-order valence-corrected chi connectivity index (χ3v) is 7.60. The molecular weight excluding hydrogens is 482 g/mol. The molecule has 9 nitrogen and oxygen atoms in total. The maximum absolute atomic E-state index is 13.1. The molecule has 0 unspecified atom stereocenters. The van der Waals surface area contributed by atoms with Crippen molar-refractivity contribution in [2.75, 3.05) is 31.6 Å². The van der Waals surface area contributed by atoms with Crippen molar-refractivity contribution in [2.45, 2.75) is 57.2 Å². The number of carbonyl (C=O) groups is 2. The van der Waals surface area contributed by atoms with E-state index in [0.717, 1.165) is 49.7 Å². The van der Waals surface area contributed by atoms with Crippen molar-refractivity contribution in [3.63, 3.8) is 0 Å². The van der Waals surface area contributed by atoms with Gasteiger partial charge < -0.3 is 25.4 Å². The lowest BCUT2D eigenvalue weighted by atomic mass is 9.86. The van der Waals surface area contributed by atoms with Crippen molar-refractivity contribution in [1.82, 2.24) is 20.2 Å². The summed E-state index contributed by atoms with van der Waals surface area (Å²) >= 11 is 6.43. The number of carbonyl (C=O) groups excluding carboxylic acids is 2. The first kappa shape index (κ1) is 24.9. The number of ether oxygens (including phenoxy) is 1. The molecule has 1 aromatic carbocycles. The predicted molar refractivity (Wildman–Crippen MR) is 136 cm³/mol. The minimum atomic E-state index is -0.365.